The molecule has 0 aliphatic rings. The lowest BCUT2D eigenvalue weighted by Gasteiger charge is -2.12. The first kappa shape index (κ1) is 14.8. The Morgan fingerprint density at radius 2 is 2.10 bits per heavy atom. The largest absolute Gasteiger partial charge is 0.494 e. The zero-order valence-electron chi connectivity index (χ0n) is 12.0. The van der Waals surface area contributed by atoms with E-state index in [0.717, 1.165) is 34.1 Å². The fourth-order valence-electron chi connectivity index (χ4n) is 1.92. The number of benzene rings is 1. The molecule has 20 heavy (non-hydrogen) atoms. The molecule has 0 radical (unpaired) electrons. The topological polar surface area (TPSA) is 34.1 Å². The highest BCUT2D eigenvalue weighted by Crippen LogP contribution is 2.30. The molecule has 0 bridgehead atoms. The Morgan fingerprint density at radius 1 is 1.30 bits per heavy atom. The highest BCUT2D eigenvalue weighted by atomic mass is 35.5. The molecule has 0 fully saturated rings. The Hall–Kier alpha value is -1.58. The Labute approximate surface area is 124 Å². The number of nitrogens with one attached hydrogen (secondary N) is 1. The van der Waals surface area contributed by atoms with Crippen molar-refractivity contribution in [2.75, 3.05) is 7.11 Å². The summed E-state index contributed by atoms with van der Waals surface area (Å²) in [5.74, 6) is 0.747. The van der Waals surface area contributed by atoms with E-state index in [1.165, 1.54) is 0 Å². The van der Waals surface area contributed by atoms with Gasteiger partial charge in [0.1, 0.15) is 11.4 Å². The molecule has 1 N–H and O–H groups in total. The standard InChI is InChI=1S/C16H19ClN2O/c1-11(2)19-10-13-7-6-12(9-14(13)17)16-15(20-3)5-4-8-18-16/h4-9,11,19H,10H2,1-3H3. The number of aromatic nitrogens is 1. The Balaban J connectivity index is 2.28. The van der Waals surface area contributed by atoms with Gasteiger partial charge in [-0.1, -0.05) is 37.6 Å². The van der Waals surface area contributed by atoms with E-state index in [1.54, 1.807) is 13.3 Å². The second-order valence-corrected chi connectivity index (χ2v) is 5.30. The van der Waals surface area contributed by atoms with Crippen LogP contribution in [0.1, 0.15) is 19.4 Å². The van der Waals surface area contributed by atoms with Crippen LogP contribution < -0.4 is 10.1 Å². The van der Waals surface area contributed by atoms with Crippen LogP contribution in [0.15, 0.2) is 36.5 Å². The van der Waals surface area contributed by atoms with Gasteiger partial charge in [-0.3, -0.25) is 4.98 Å². The molecule has 0 spiro atoms. The molecule has 2 aromatic rings. The molecule has 1 aromatic carbocycles. The van der Waals surface area contributed by atoms with Gasteiger partial charge in [-0.2, -0.15) is 0 Å². The minimum absolute atomic E-state index is 0.432. The molecular formula is C16H19ClN2O. The zero-order chi connectivity index (χ0) is 14.5. The molecule has 0 amide bonds. The van der Waals surface area contributed by atoms with Crippen molar-refractivity contribution in [3.63, 3.8) is 0 Å². The lowest BCUT2D eigenvalue weighted by atomic mass is 10.1. The van der Waals surface area contributed by atoms with Crippen LogP contribution >= 0.6 is 11.6 Å². The molecule has 2 rings (SSSR count). The van der Waals surface area contributed by atoms with Crippen LogP contribution in [0.2, 0.25) is 5.02 Å². The fourth-order valence-corrected chi connectivity index (χ4v) is 2.17. The van der Waals surface area contributed by atoms with Crippen molar-refractivity contribution in [2.45, 2.75) is 26.4 Å². The van der Waals surface area contributed by atoms with Gasteiger partial charge in [0.25, 0.3) is 0 Å². The van der Waals surface area contributed by atoms with E-state index in [1.807, 2.05) is 30.3 Å². The Kier molecular flexibility index (Phi) is 4.99. The highest BCUT2D eigenvalue weighted by Gasteiger charge is 2.09. The summed E-state index contributed by atoms with van der Waals surface area (Å²) in [4.78, 5) is 4.37. The highest BCUT2D eigenvalue weighted by molar-refractivity contribution is 6.31. The molecule has 0 aliphatic carbocycles. The lowest BCUT2D eigenvalue weighted by Crippen LogP contribution is -2.21. The Morgan fingerprint density at radius 3 is 2.75 bits per heavy atom. The minimum atomic E-state index is 0.432. The van der Waals surface area contributed by atoms with Gasteiger partial charge >= 0.3 is 0 Å². The minimum Gasteiger partial charge on any atom is -0.494 e. The molecule has 0 saturated heterocycles. The second-order valence-electron chi connectivity index (χ2n) is 4.90. The van der Waals surface area contributed by atoms with Crippen molar-refractivity contribution < 1.29 is 4.74 Å². The third-order valence-corrected chi connectivity index (χ3v) is 3.37. The number of hydrogen-bond donors (Lipinski definition) is 1. The first-order valence-corrected chi connectivity index (χ1v) is 7.00. The second kappa shape index (κ2) is 6.73. The monoisotopic (exact) mass is 290 g/mol. The average Bonchev–Trinajstić information content (AvgIpc) is 2.45. The smallest absolute Gasteiger partial charge is 0.145 e. The van der Waals surface area contributed by atoms with Crippen molar-refractivity contribution in [3.05, 3.63) is 47.1 Å². The van der Waals surface area contributed by atoms with E-state index in [-0.39, 0.29) is 0 Å². The zero-order valence-corrected chi connectivity index (χ0v) is 12.7. The van der Waals surface area contributed by atoms with E-state index in [0.29, 0.717) is 6.04 Å². The molecule has 0 saturated carbocycles. The van der Waals surface area contributed by atoms with E-state index < -0.39 is 0 Å². The van der Waals surface area contributed by atoms with Gasteiger partial charge < -0.3 is 10.1 Å². The number of nitrogens with zero attached hydrogens (tertiary/aromatic N) is 1. The first-order chi connectivity index (χ1) is 9.61. The van der Waals surface area contributed by atoms with Gasteiger partial charge in [0.05, 0.1) is 7.11 Å². The van der Waals surface area contributed by atoms with Crippen LogP contribution in [0.25, 0.3) is 11.3 Å². The van der Waals surface area contributed by atoms with Crippen molar-refractivity contribution in [2.24, 2.45) is 0 Å². The van der Waals surface area contributed by atoms with Gasteiger partial charge in [-0.15, -0.1) is 0 Å². The van der Waals surface area contributed by atoms with E-state index in [4.69, 9.17) is 16.3 Å². The van der Waals surface area contributed by atoms with Crippen LogP contribution in [-0.2, 0) is 6.54 Å². The molecule has 0 aliphatic heterocycles. The van der Waals surface area contributed by atoms with Crippen LogP contribution in [0.3, 0.4) is 0 Å². The van der Waals surface area contributed by atoms with E-state index >= 15 is 0 Å². The van der Waals surface area contributed by atoms with Gasteiger partial charge in [0, 0.05) is 29.4 Å². The number of ether oxygens (including phenoxy) is 1. The lowest BCUT2D eigenvalue weighted by molar-refractivity contribution is 0.415. The summed E-state index contributed by atoms with van der Waals surface area (Å²) in [5.41, 5.74) is 2.85. The third-order valence-electron chi connectivity index (χ3n) is 3.02. The van der Waals surface area contributed by atoms with Crippen molar-refractivity contribution in [1.29, 1.82) is 0 Å². The number of methoxy groups -OCH3 is 1. The molecule has 1 heterocycles. The summed E-state index contributed by atoms with van der Waals surface area (Å²) >= 11 is 6.35. The normalized spacial score (nSPS) is 10.8. The van der Waals surface area contributed by atoms with Crippen LogP contribution in [0.4, 0.5) is 0 Å². The van der Waals surface area contributed by atoms with Crippen LogP contribution in [0.5, 0.6) is 5.75 Å². The maximum atomic E-state index is 6.35. The molecular weight excluding hydrogens is 272 g/mol. The van der Waals surface area contributed by atoms with Crippen LogP contribution in [-0.4, -0.2) is 18.1 Å². The van der Waals surface area contributed by atoms with Gasteiger partial charge in [0.2, 0.25) is 0 Å². The summed E-state index contributed by atoms with van der Waals surface area (Å²) in [6.07, 6.45) is 1.75. The van der Waals surface area contributed by atoms with Gasteiger partial charge in [-0.05, 0) is 23.8 Å². The number of halogens is 1. The summed E-state index contributed by atoms with van der Waals surface area (Å²) in [5, 5.41) is 4.10. The Bertz CT molecular complexity index is 584. The summed E-state index contributed by atoms with van der Waals surface area (Å²) in [6.45, 7) is 4.98. The maximum absolute atomic E-state index is 6.35. The molecule has 4 heteroatoms. The van der Waals surface area contributed by atoms with Crippen molar-refractivity contribution in [1.82, 2.24) is 10.3 Å². The first-order valence-electron chi connectivity index (χ1n) is 6.63. The third kappa shape index (κ3) is 3.50. The summed E-state index contributed by atoms with van der Waals surface area (Å²) in [7, 11) is 1.64. The molecule has 0 atom stereocenters. The fraction of sp³-hybridized carbons (Fsp3) is 0.312. The van der Waals surface area contributed by atoms with Gasteiger partial charge in [-0.25, -0.2) is 0 Å². The predicted molar refractivity (Wildman–Crippen MR) is 83.2 cm³/mol. The summed E-state index contributed by atoms with van der Waals surface area (Å²) in [6, 6.07) is 10.2. The SMILES string of the molecule is COc1cccnc1-c1ccc(CNC(C)C)c(Cl)c1. The molecule has 3 nitrogen and oxygen atoms in total. The average molecular weight is 291 g/mol. The summed E-state index contributed by atoms with van der Waals surface area (Å²) < 4.78 is 5.33. The molecule has 1 aromatic heterocycles. The predicted octanol–water partition coefficient (Wildman–Crippen LogP) is 3.91. The van der Waals surface area contributed by atoms with Crippen molar-refractivity contribution >= 4 is 11.6 Å². The number of hydrogen-bond acceptors (Lipinski definition) is 3. The van der Waals surface area contributed by atoms with E-state index in [9.17, 15) is 0 Å². The van der Waals surface area contributed by atoms with Gasteiger partial charge in [0.15, 0.2) is 0 Å². The number of pyridine rings is 1. The quantitative estimate of drug-likeness (QED) is 0.906. The van der Waals surface area contributed by atoms with E-state index in [2.05, 4.69) is 24.1 Å². The number of rotatable bonds is 5. The molecule has 106 valence electrons. The maximum Gasteiger partial charge on any atom is 0.145 e. The van der Waals surface area contributed by atoms with Crippen molar-refractivity contribution in [3.8, 4) is 17.0 Å². The van der Waals surface area contributed by atoms with Crippen LogP contribution in [0, 0.1) is 0 Å². The molecule has 0 unspecified atom stereocenters.